The van der Waals surface area contributed by atoms with Crippen molar-refractivity contribution in [2.45, 2.75) is 40.8 Å². The smallest absolute Gasteiger partial charge is 0.134 e. The van der Waals surface area contributed by atoms with Crippen molar-refractivity contribution < 1.29 is 21.5 Å². The quantitative estimate of drug-likeness (QED) is 0.392. The Bertz CT molecular complexity index is 88.0. The normalized spacial score (nSPS) is 10.3. The number of nitrogens with zero attached hydrogens (tertiary/aromatic N) is 1. The molecule has 0 unspecified atom stereocenters. The molecule has 4 heteroatoms. The molecule has 0 aliphatic rings. The first-order valence-electron chi connectivity index (χ1n) is 5.47. The topological polar surface area (TPSA) is 0 Å². The summed E-state index contributed by atoms with van der Waals surface area (Å²) in [5, 5.41) is 0. The van der Waals surface area contributed by atoms with E-state index in [9.17, 15) is 0 Å². The number of hydrogen-bond donors (Lipinski definition) is 0. The van der Waals surface area contributed by atoms with Crippen molar-refractivity contribution in [1.29, 1.82) is 0 Å². The molecular formula is C10H27BrClNSi. The third-order valence-electron chi connectivity index (χ3n) is 2.68. The molecule has 0 fully saturated rings. The Morgan fingerprint density at radius 2 is 1.00 bits per heavy atom. The van der Waals surface area contributed by atoms with E-state index in [0.29, 0.717) is 0 Å². The summed E-state index contributed by atoms with van der Waals surface area (Å²) in [6.45, 7) is 18.4. The predicted molar refractivity (Wildman–Crippen MR) is 67.2 cm³/mol. The second-order valence-electron chi connectivity index (χ2n) is 3.62. The van der Waals surface area contributed by atoms with E-state index in [1.807, 2.05) is 0 Å². The lowest BCUT2D eigenvalue weighted by molar-refractivity contribution is -0.921. The molecule has 0 heterocycles. The van der Waals surface area contributed by atoms with Crippen molar-refractivity contribution >= 4 is 19.2 Å². The Hall–Kier alpha value is 0.947. The average molecular weight is 305 g/mol. The van der Waals surface area contributed by atoms with E-state index in [-0.39, 0.29) is 17.0 Å². The summed E-state index contributed by atoms with van der Waals surface area (Å²) < 4.78 is 1.28. The van der Waals surface area contributed by atoms with Gasteiger partial charge < -0.3 is 21.5 Å². The number of rotatable bonds is 4. The standard InChI is InChI=1S/C8H20N.C2H7ClSi.BrH/c1-5-9(6-2,7-3)8-4;1-4(2)3;/h5-8H2,1-4H3;4H,1-2H3;1H/q+1;;/p-1. The van der Waals surface area contributed by atoms with Gasteiger partial charge >= 0.3 is 0 Å². The fraction of sp³-hybridized carbons (Fsp3) is 1.00. The van der Waals surface area contributed by atoms with Crippen molar-refractivity contribution in [3.8, 4) is 0 Å². The van der Waals surface area contributed by atoms with Crippen LogP contribution in [0.5, 0.6) is 0 Å². The highest BCUT2D eigenvalue weighted by molar-refractivity contribution is 7.05. The van der Waals surface area contributed by atoms with Gasteiger partial charge in [0.05, 0.1) is 26.2 Å². The highest BCUT2D eigenvalue weighted by atomic mass is 79.9. The van der Waals surface area contributed by atoms with Gasteiger partial charge in [-0.3, -0.25) is 0 Å². The molecule has 0 rings (SSSR count). The lowest BCUT2D eigenvalue weighted by atomic mass is 10.3. The molecule has 0 aliphatic heterocycles. The zero-order chi connectivity index (χ0) is 10.9. The van der Waals surface area contributed by atoms with Crippen LogP contribution in [0.15, 0.2) is 0 Å². The SMILES string of the molecule is CC[N+](CC)(CC)CC.C[SiH](C)Cl.[Br-]. The Morgan fingerprint density at radius 3 is 1.00 bits per heavy atom. The molecule has 0 saturated heterocycles. The number of quaternary nitrogens is 1. The maximum absolute atomic E-state index is 5.41. The average Bonchev–Trinajstić information content (AvgIpc) is 2.09. The Labute approximate surface area is 107 Å². The molecule has 0 aliphatic carbocycles. The van der Waals surface area contributed by atoms with Gasteiger partial charge in [-0.2, -0.15) is 11.1 Å². The van der Waals surface area contributed by atoms with Crippen molar-refractivity contribution in [3.63, 3.8) is 0 Å². The summed E-state index contributed by atoms with van der Waals surface area (Å²) in [7, 11) is -0.667. The molecule has 0 aromatic heterocycles. The highest BCUT2D eigenvalue weighted by Gasteiger charge is 2.16. The van der Waals surface area contributed by atoms with Crippen LogP contribution in [-0.4, -0.2) is 38.8 Å². The number of halogens is 2. The summed E-state index contributed by atoms with van der Waals surface area (Å²) in [6.07, 6.45) is 0. The minimum Gasteiger partial charge on any atom is -1.00 e. The Kier molecular flexibility index (Phi) is 17.5. The van der Waals surface area contributed by atoms with Crippen LogP contribution >= 0.6 is 11.1 Å². The molecule has 1 nitrogen and oxygen atoms in total. The summed E-state index contributed by atoms with van der Waals surface area (Å²) in [5.74, 6) is 0. The van der Waals surface area contributed by atoms with Gasteiger partial charge in [0.15, 0.2) is 0 Å². The lowest BCUT2D eigenvalue weighted by Crippen LogP contribution is -3.00. The molecular weight excluding hydrogens is 278 g/mol. The van der Waals surface area contributed by atoms with Crippen LogP contribution in [0.4, 0.5) is 0 Å². The van der Waals surface area contributed by atoms with Crippen LogP contribution in [0, 0.1) is 0 Å². The monoisotopic (exact) mass is 303 g/mol. The van der Waals surface area contributed by atoms with Crippen LogP contribution in [-0.2, 0) is 0 Å². The second-order valence-corrected chi connectivity index (χ2v) is 8.27. The maximum Gasteiger partial charge on any atom is 0.134 e. The van der Waals surface area contributed by atoms with Crippen LogP contribution in [0.2, 0.25) is 13.1 Å². The summed E-state index contributed by atoms with van der Waals surface area (Å²) in [6, 6.07) is 0. The fourth-order valence-electron chi connectivity index (χ4n) is 1.34. The van der Waals surface area contributed by atoms with Gasteiger partial charge in [-0.1, -0.05) is 13.1 Å². The van der Waals surface area contributed by atoms with E-state index in [1.165, 1.54) is 30.7 Å². The maximum atomic E-state index is 5.41. The third-order valence-corrected chi connectivity index (χ3v) is 2.68. The van der Waals surface area contributed by atoms with E-state index < -0.39 is 8.11 Å². The third kappa shape index (κ3) is 11.0. The van der Waals surface area contributed by atoms with Crippen molar-refractivity contribution in [2.75, 3.05) is 26.2 Å². The zero-order valence-electron chi connectivity index (χ0n) is 10.6. The van der Waals surface area contributed by atoms with Gasteiger partial charge in [-0.15, -0.1) is 0 Å². The van der Waals surface area contributed by atoms with Crippen molar-refractivity contribution in [3.05, 3.63) is 0 Å². The van der Waals surface area contributed by atoms with E-state index in [4.69, 9.17) is 11.1 Å². The van der Waals surface area contributed by atoms with Crippen LogP contribution in [0.1, 0.15) is 27.7 Å². The van der Waals surface area contributed by atoms with Gasteiger partial charge in [0, 0.05) is 0 Å². The summed E-state index contributed by atoms with van der Waals surface area (Å²) in [4.78, 5) is 0. The van der Waals surface area contributed by atoms with Gasteiger partial charge in [0.1, 0.15) is 8.11 Å². The van der Waals surface area contributed by atoms with Gasteiger partial charge in [-0.05, 0) is 27.7 Å². The van der Waals surface area contributed by atoms with E-state index >= 15 is 0 Å². The number of hydrogen-bond acceptors (Lipinski definition) is 0. The Morgan fingerprint density at radius 1 is 0.857 bits per heavy atom. The van der Waals surface area contributed by atoms with E-state index in [1.54, 1.807) is 0 Å². The molecule has 0 bridgehead atoms. The predicted octanol–water partition coefficient (Wildman–Crippen LogP) is 0.0954. The largest absolute Gasteiger partial charge is 1.00 e. The first kappa shape index (κ1) is 20.4. The zero-order valence-corrected chi connectivity index (χ0v) is 14.1. The van der Waals surface area contributed by atoms with Crippen LogP contribution in [0.3, 0.4) is 0 Å². The van der Waals surface area contributed by atoms with E-state index in [0.717, 1.165) is 0 Å². The van der Waals surface area contributed by atoms with Crippen molar-refractivity contribution in [2.24, 2.45) is 0 Å². The molecule has 0 amide bonds. The molecule has 0 atom stereocenters. The van der Waals surface area contributed by atoms with Crippen LogP contribution in [0.25, 0.3) is 0 Å². The molecule has 0 saturated carbocycles. The van der Waals surface area contributed by atoms with Gasteiger partial charge in [-0.25, -0.2) is 0 Å². The summed E-state index contributed by atoms with van der Waals surface area (Å²) >= 11 is 5.41. The highest BCUT2D eigenvalue weighted by Crippen LogP contribution is 2.03. The van der Waals surface area contributed by atoms with Crippen LogP contribution < -0.4 is 17.0 Å². The first-order chi connectivity index (χ1) is 5.97. The minimum atomic E-state index is -0.667. The first-order valence-corrected chi connectivity index (χ1v) is 9.52. The molecule has 90 valence electrons. The molecule has 0 aromatic carbocycles. The Balaban J connectivity index is -0.000000209. The van der Waals surface area contributed by atoms with E-state index in [2.05, 4.69) is 40.8 Å². The fourth-order valence-corrected chi connectivity index (χ4v) is 1.34. The van der Waals surface area contributed by atoms with Crippen molar-refractivity contribution in [1.82, 2.24) is 0 Å². The molecule has 0 radical (unpaired) electrons. The molecule has 14 heavy (non-hydrogen) atoms. The van der Waals surface area contributed by atoms with Gasteiger partial charge in [0.25, 0.3) is 0 Å². The minimum absolute atomic E-state index is 0. The molecule has 0 N–H and O–H groups in total. The molecule has 0 aromatic rings. The summed E-state index contributed by atoms with van der Waals surface area (Å²) in [5.41, 5.74) is 0. The molecule has 0 spiro atoms. The van der Waals surface area contributed by atoms with Gasteiger partial charge in [0.2, 0.25) is 0 Å². The lowest BCUT2D eigenvalue weighted by Gasteiger charge is -2.34. The second kappa shape index (κ2) is 12.0.